The Bertz CT molecular complexity index is 236. The summed E-state index contributed by atoms with van der Waals surface area (Å²) in [5, 5.41) is 9.39. The molecule has 0 fully saturated rings. The molecule has 0 aliphatic rings. The van der Waals surface area contributed by atoms with E-state index < -0.39 is 16.2 Å². The zero-order valence-corrected chi connectivity index (χ0v) is 10.2. The number of aliphatic hydroxyl groups is 1. The molecule has 0 amide bonds. The third-order valence-electron chi connectivity index (χ3n) is 2.35. The van der Waals surface area contributed by atoms with Gasteiger partial charge in [-0.3, -0.25) is 4.55 Å². The quantitative estimate of drug-likeness (QED) is 0.476. The average molecular weight is 238 g/mol. The van der Waals surface area contributed by atoms with E-state index >= 15 is 0 Å². The summed E-state index contributed by atoms with van der Waals surface area (Å²) in [6.07, 6.45) is 5.72. The van der Waals surface area contributed by atoms with Crippen LogP contribution in [-0.4, -0.2) is 29.9 Å². The number of hydrogen-bond donors (Lipinski definition) is 2. The molecule has 0 aromatic rings. The van der Waals surface area contributed by atoms with Crippen LogP contribution in [0, 0.1) is 0 Å². The molecule has 0 heterocycles. The maximum absolute atomic E-state index is 10.4. The van der Waals surface area contributed by atoms with Gasteiger partial charge in [0.2, 0.25) is 0 Å². The summed E-state index contributed by atoms with van der Waals surface area (Å²) in [6, 6.07) is 0. The van der Waals surface area contributed by atoms with Gasteiger partial charge in [-0.2, -0.15) is 8.42 Å². The Morgan fingerprint density at radius 3 is 2.20 bits per heavy atom. The summed E-state index contributed by atoms with van der Waals surface area (Å²) in [4.78, 5) is 0. The zero-order chi connectivity index (χ0) is 11.7. The molecular weight excluding hydrogens is 216 g/mol. The Kier molecular flexibility index (Phi) is 8.00. The van der Waals surface area contributed by atoms with E-state index in [1.165, 1.54) is 19.3 Å². The van der Waals surface area contributed by atoms with Gasteiger partial charge in [-0.1, -0.05) is 39.0 Å². The maximum Gasteiger partial charge on any atom is 0.264 e. The van der Waals surface area contributed by atoms with Gasteiger partial charge in [-0.05, 0) is 12.8 Å². The minimum atomic E-state index is -3.92. The largest absolute Gasteiger partial charge is 0.393 e. The van der Waals surface area contributed by atoms with Gasteiger partial charge >= 0.3 is 0 Å². The summed E-state index contributed by atoms with van der Waals surface area (Å²) in [5.74, 6) is -0.344. The molecule has 1 unspecified atom stereocenters. The van der Waals surface area contributed by atoms with Crippen LogP contribution in [0.1, 0.15) is 51.9 Å². The molecule has 15 heavy (non-hydrogen) atoms. The van der Waals surface area contributed by atoms with E-state index in [0.717, 1.165) is 12.8 Å². The van der Waals surface area contributed by atoms with Crippen LogP contribution in [0.15, 0.2) is 0 Å². The highest BCUT2D eigenvalue weighted by atomic mass is 32.2. The standard InChI is InChI=1S/C10H22O4S/c1-2-3-4-5-6-7-10(11)8-9-15(12,13)14/h10-11H,2-9H2,1H3,(H,12,13,14). The van der Waals surface area contributed by atoms with Crippen molar-refractivity contribution >= 4 is 10.1 Å². The fraction of sp³-hybridized carbons (Fsp3) is 1.00. The Labute approximate surface area is 92.4 Å². The van der Waals surface area contributed by atoms with E-state index in [1.54, 1.807) is 0 Å². The molecule has 0 aliphatic heterocycles. The molecule has 0 aliphatic carbocycles. The third-order valence-corrected chi connectivity index (χ3v) is 3.10. The first-order chi connectivity index (χ1) is 6.95. The van der Waals surface area contributed by atoms with Gasteiger partial charge in [0, 0.05) is 0 Å². The van der Waals surface area contributed by atoms with Crippen molar-refractivity contribution in [3.05, 3.63) is 0 Å². The van der Waals surface area contributed by atoms with Gasteiger partial charge in [0.25, 0.3) is 10.1 Å². The molecule has 0 aromatic carbocycles. The molecule has 0 spiro atoms. The Morgan fingerprint density at radius 1 is 1.07 bits per heavy atom. The molecule has 1 atom stereocenters. The van der Waals surface area contributed by atoms with Gasteiger partial charge in [-0.15, -0.1) is 0 Å². The van der Waals surface area contributed by atoms with Crippen molar-refractivity contribution in [1.82, 2.24) is 0 Å². The van der Waals surface area contributed by atoms with E-state index in [-0.39, 0.29) is 12.2 Å². The van der Waals surface area contributed by atoms with Crippen LogP contribution in [0.5, 0.6) is 0 Å². The second-order valence-electron chi connectivity index (χ2n) is 3.93. The molecule has 0 rings (SSSR count). The van der Waals surface area contributed by atoms with Gasteiger partial charge in [-0.25, -0.2) is 0 Å². The van der Waals surface area contributed by atoms with Crippen LogP contribution in [-0.2, 0) is 10.1 Å². The van der Waals surface area contributed by atoms with Gasteiger partial charge in [0.15, 0.2) is 0 Å². The minimum Gasteiger partial charge on any atom is -0.393 e. The van der Waals surface area contributed by atoms with Crippen LogP contribution in [0.25, 0.3) is 0 Å². The Morgan fingerprint density at radius 2 is 1.67 bits per heavy atom. The second kappa shape index (κ2) is 8.07. The number of rotatable bonds is 9. The summed E-state index contributed by atoms with van der Waals surface area (Å²) in [5.41, 5.74) is 0. The monoisotopic (exact) mass is 238 g/mol. The Balaban J connectivity index is 3.37. The van der Waals surface area contributed by atoms with Crippen molar-refractivity contribution in [3.63, 3.8) is 0 Å². The van der Waals surface area contributed by atoms with Crippen LogP contribution in [0.3, 0.4) is 0 Å². The van der Waals surface area contributed by atoms with Crippen molar-refractivity contribution in [2.45, 2.75) is 58.0 Å². The average Bonchev–Trinajstić information content (AvgIpc) is 2.13. The molecule has 2 N–H and O–H groups in total. The van der Waals surface area contributed by atoms with Gasteiger partial charge in [0.1, 0.15) is 0 Å². The maximum atomic E-state index is 10.4. The predicted molar refractivity (Wildman–Crippen MR) is 60.4 cm³/mol. The van der Waals surface area contributed by atoms with Crippen molar-refractivity contribution in [1.29, 1.82) is 0 Å². The van der Waals surface area contributed by atoms with Crippen molar-refractivity contribution in [2.75, 3.05) is 5.75 Å². The van der Waals surface area contributed by atoms with E-state index in [0.29, 0.717) is 6.42 Å². The number of aliphatic hydroxyl groups excluding tert-OH is 1. The van der Waals surface area contributed by atoms with E-state index in [9.17, 15) is 13.5 Å². The molecule has 4 nitrogen and oxygen atoms in total. The zero-order valence-electron chi connectivity index (χ0n) is 9.35. The van der Waals surface area contributed by atoms with Crippen molar-refractivity contribution in [3.8, 4) is 0 Å². The molecule has 92 valence electrons. The third kappa shape index (κ3) is 11.8. The van der Waals surface area contributed by atoms with E-state index in [1.807, 2.05) is 0 Å². The SMILES string of the molecule is CCCCCCCC(O)CCS(=O)(=O)O. The predicted octanol–water partition coefficient (Wildman–Crippen LogP) is 1.99. The topological polar surface area (TPSA) is 74.6 Å². The summed E-state index contributed by atoms with van der Waals surface area (Å²) in [7, 11) is -3.92. The molecule has 0 saturated heterocycles. The highest BCUT2D eigenvalue weighted by molar-refractivity contribution is 7.85. The number of hydrogen-bond acceptors (Lipinski definition) is 3. The van der Waals surface area contributed by atoms with Crippen LogP contribution < -0.4 is 0 Å². The number of unbranched alkanes of at least 4 members (excludes halogenated alkanes) is 4. The molecule has 0 bridgehead atoms. The van der Waals surface area contributed by atoms with Crippen molar-refractivity contribution < 1.29 is 18.1 Å². The van der Waals surface area contributed by atoms with Crippen molar-refractivity contribution in [2.24, 2.45) is 0 Å². The fourth-order valence-electron chi connectivity index (χ4n) is 1.41. The molecular formula is C10H22O4S. The van der Waals surface area contributed by atoms with Crippen LogP contribution in [0.4, 0.5) is 0 Å². The van der Waals surface area contributed by atoms with Gasteiger partial charge < -0.3 is 5.11 Å². The fourth-order valence-corrected chi connectivity index (χ4v) is 1.98. The van der Waals surface area contributed by atoms with Crippen LogP contribution in [0.2, 0.25) is 0 Å². The first kappa shape index (κ1) is 14.9. The van der Waals surface area contributed by atoms with E-state index in [4.69, 9.17) is 4.55 Å². The Hall–Kier alpha value is -0.130. The lowest BCUT2D eigenvalue weighted by Crippen LogP contribution is -2.14. The first-order valence-electron chi connectivity index (χ1n) is 5.59. The normalized spacial score (nSPS) is 14.1. The lowest BCUT2D eigenvalue weighted by Gasteiger charge is -2.08. The van der Waals surface area contributed by atoms with Gasteiger partial charge in [0.05, 0.1) is 11.9 Å². The molecule has 0 radical (unpaired) electrons. The minimum absolute atomic E-state index is 0.132. The first-order valence-corrected chi connectivity index (χ1v) is 7.20. The molecule has 0 aromatic heterocycles. The highest BCUT2D eigenvalue weighted by Gasteiger charge is 2.10. The summed E-state index contributed by atoms with van der Waals surface area (Å²) < 4.78 is 29.3. The lowest BCUT2D eigenvalue weighted by atomic mass is 10.1. The summed E-state index contributed by atoms with van der Waals surface area (Å²) >= 11 is 0. The summed E-state index contributed by atoms with van der Waals surface area (Å²) in [6.45, 7) is 2.14. The molecule has 5 heteroatoms. The van der Waals surface area contributed by atoms with E-state index in [2.05, 4.69) is 6.92 Å². The lowest BCUT2D eigenvalue weighted by molar-refractivity contribution is 0.156. The highest BCUT2D eigenvalue weighted by Crippen LogP contribution is 2.09. The van der Waals surface area contributed by atoms with Crippen LogP contribution >= 0.6 is 0 Å². The molecule has 0 saturated carbocycles. The second-order valence-corrected chi connectivity index (χ2v) is 5.50. The smallest absolute Gasteiger partial charge is 0.264 e.